The highest BCUT2D eigenvalue weighted by Crippen LogP contribution is 2.26. The summed E-state index contributed by atoms with van der Waals surface area (Å²) in [7, 11) is 2.94. The van der Waals surface area contributed by atoms with Crippen molar-refractivity contribution in [1.82, 2.24) is 5.32 Å². The SMILES string of the molecule is C=O.CNCCC[C@H](C)Cc1cc(F)ccc1Nc1ccccc1F.CO.[HH]. The average molecular weight is 382 g/mol. The Balaban J connectivity index is 0. The number of benzene rings is 2. The van der Waals surface area contributed by atoms with Crippen molar-refractivity contribution >= 4 is 18.2 Å². The van der Waals surface area contributed by atoms with Crippen LogP contribution in [0.5, 0.6) is 0 Å². The summed E-state index contributed by atoms with van der Waals surface area (Å²) in [4.78, 5) is 8.00. The normalized spacial score (nSPS) is 10.7. The number of aliphatic hydroxyl groups is 1. The van der Waals surface area contributed by atoms with E-state index in [1.54, 1.807) is 24.3 Å². The molecule has 2 rings (SSSR count). The number of hydrogen-bond acceptors (Lipinski definition) is 4. The van der Waals surface area contributed by atoms with Crippen LogP contribution in [0.2, 0.25) is 0 Å². The molecular weight excluding hydrogens is 350 g/mol. The molecule has 0 saturated heterocycles. The number of carbonyl (C=O) groups excluding carboxylic acids is 1. The van der Waals surface area contributed by atoms with Crippen LogP contribution in [0.15, 0.2) is 42.5 Å². The van der Waals surface area contributed by atoms with Crippen LogP contribution >= 0.6 is 0 Å². The molecule has 2 aromatic carbocycles. The molecule has 152 valence electrons. The number of aliphatic hydroxyl groups excluding tert-OH is 1. The van der Waals surface area contributed by atoms with Crippen LogP contribution in [0.1, 0.15) is 26.8 Å². The fourth-order valence-corrected chi connectivity index (χ4v) is 2.67. The topological polar surface area (TPSA) is 61.4 Å². The predicted molar refractivity (Wildman–Crippen MR) is 109 cm³/mol. The monoisotopic (exact) mass is 382 g/mol. The van der Waals surface area contributed by atoms with Gasteiger partial charge in [0, 0.05) is 14.2 Å². The van der Waals surface area contributed by atoms with Gasteiger partial charge in [0.15, 0.2) is 0 Å². The van der Waals surface area contributed by atoms with Gasteiger partial charge in [0.05, 0.1) is 5.69 Å². The summed E-state index contributed by atoms with van der Waals surface area (Å²) in [5.41, 5.74) is 2.05. The Bertz CT molecular complexity index is 660. The van der Waals surface area contributed by atoms with Crippen LogP contribution in [-0.4, -0.2) is 32.6 Å². The fourth-order valence-electron chi connectivity index (χ4n) is 2.67. The van der Waals surface area contributed by atoms with E-state index in [0.717, 1.165) is 44.2 Å². The van der Waals surface area contributed by atoms with Gasteiger partial charge in [-0.25, -0.2) is 8.78 Å². The third-order valence-electron chi connectivity index (χ3n) is 3.90. The van der Waals surface area contributed by atoms with Crippen LogP contribution in [0.4, 0.5) is 20.2 Å². The number of para-hydroxylation sites is 1. The Labute approximate surface area is 162 Å². The molecule has 0 amide bonds. The van der Waals surface area contributed by atoms with Gasteiger partial charge in [0.25, 0.3) is 0 Å². The second kappa shape index (κ2) is 14.8. The second-order valence-corrected chi connectivity index (χ2v) is 5.96. The maximum atomic E-state index is 13.8. The lowest BCUT2D eigenvalue weighted by Gasteiger charge is -2.16. The number of anilines is 2. The van der Waals surface area contributed by atoms with Gasteiger partial charge in [-0.15, -0.1) is 0 Å². The summed E-state index contributed by atoms with van der Waals surface area (Å²) in [6.07, 6.45) is 2.91. The van der Waals surface area contributed by atoms with Crippen molar-refractivity contribution in [3.63, 3.8) is 0 Å². The highest BCUT2D eigenvalue weighted by molar-refractivity contribution is 5.63. The molecule has 27 heavy (non-hydrogen) atoms. The van der Waals surface area contributed by atoms with Gasteiger partial charge >= 0.3 is 0 Å². The minimum absolute atomic E-state index is 0. The van der Waals surface area contributed by atoms with Crippen LogP contribution < -0.4 is 10.6 Å². The maximum absolute atomic E-state index is 13.8. The molecule has 4 nitrogen and oxygen atoms in total. The molecule has 0 fully saturated rings. The van der Waals surface area contributed by atoms with Gasteiger partial charge < -0.3 is 20.5 Å². The third-order valence-corrected chi connectivity index (χ3v) is 3.90. The quantitative estimate of drug-likeness (QED) is 0.586. The standard InChI is InChI=1S/C19H24F2N2.CH4O.CH2O.H2/c1-14(6-5-11-22-2)12-15-13-16(20)9-10-18(15)23-19-8-4-3-7-17(19)21;2*1-2;/h3-4,7-10,13-14,22-23H,5-6,11-12H2,1-2H3;2H,1H3;1H2;1H/t14-;;;/m0.../s1. The van der Waals surface area contributed by atoms with E-state index in [-0.39, 0.29) is 13.1 Å². The molecule has 2 aromatic rings. The summed E-state index contributed by atoms with van der Waals surface area (Å²) < 4.78 is 27.4. The van der Waals surface area contributed by atoms with Crippen LogP contribution in [-0.2, 0) is 11.2 Å². The molecule has 3 N–H and O–H groups in total. The zero-order chi connectivity index (χ0) is 20.7. The largest absolute Gasteiger partial charge is 0.400 e. The number of hydrogen-bond donors (Lipinski definition) is 3. The highest BCUT2D eigenvalue weighted by atomic mass is 19.1. The van der Waals surface area contributed by atoms with Crippen molar-refractivity contribution in [1.29, 1.82) is 0 Å². The molecule has 0 spiro atoms. The van der Waals surface area contributed by atoms with Crippen LogP contribution in [0, 0.1) is 17.6 Å². The number of halogens is 2. The zero-order valence-electron chi connectivity index (χ0n) is 16.3. The van der Waals surface area contributed by atoms with E-state index < -0.39 is 0 Å². The molecule has 0 radical (unpaired) electrons. The Kier molecular flexibility index (Phi) is 13.5. The fraction of sp³-hybridized carbons (Fsp3) is 0.381. The lowest BCUT2D eigenvalue weighted by Crippen LogP contribution is -2.10. The lowest BCUT2D eigenvalue weighted by atomic mass is 9.95. The third kappa shape index (κ3) is 9.26. The van der Waals surface area contributed by atoms with Crippen molar-refractivity contribution < 1.29 is 20.1 Å². The number of nitrogens with one attached hydrogen (secondary N) is 2. The second-order valence-electron chi connectivity index (χ2n) is 5.96. The van der Waals surface area contributed by atoms with Gasteiger partial charge in [0.1, 0.15) is 18.4 Å². The maximum Gasteiger partial charge on any atom is 0.146 e. The molecule has 0 unspecified atom stereocenters. The number of rotatable bonds is 8. The Morgan fingerprint density at radius 3 is 2.41 bits per heavy atom. The number of carbonyl (C=O) groups is 1. The molecule has 0 bridgehead atoms. The van der Waals surface area contributed by atoms with Crippen molar-refractivity contribution in [2.45, 2.75) is 26.2 Å². The van der Waals surface area contributed by atoms with E-state index in [1.165, 1.54) is 18.2 Å². The minimum atomic E-state index is -0.315. The molecule has 0 aliphatic carbocycles. The molecule has 6 heteroatoms. The molecule has 0 heterocycles. The van der Waals surface area contributed by atoms with Crippen molar-refractivity contribution in [2.24, 2.45) is 5.92 Å². The summed E-state index contributed by atoms with van der Waals surface area (Å²) in [5, 5.41) is 13.2. The van der Waals surface area contributed by atoms with Crippen LogP contribution in [0.25, 0.3) is 0 Å². The van der Waals surface area contributed by atoms with Gasteiger partial charge in [-0.1, -0.05) is 19.1 Å². The molecular formula is C21H32F2N2O2. The minimum Gasteiger partial charge on any atom is -0.400 e. The summed E-state index contributed by atoms with van der Waals surface area (Å²) >= 11 is 0. The van der Waals surface area contributed by atoms with Gasteiger partial charge in [-0.05, 0) is 74.7 Å². The van der Waals surface area contributed by atoms with Crippen LogP contribution in [0.3, 0.4) is 0 Å². The average Bonchev–Trinajstić information content (AvgIpc) is 2.69. The van der Waals surface area contributed by atoms with E-state index >= 15 is 0 Å². The first-order chi connectivity index (χ1) is 13.1. The van der Waals surface area contributed by atoms with E-state index in [0.29, 0.717) is 11.6 Å². The molecule has 0 aliphatic heterocycles. The van der Waals surface area contributed by atoms with E-state index in [4.69, 9.17) is 9.90 Å². The first-order valence-corrected chi connectivity index (χ1v) is 8.78. The van der Waals surface area contributed by atoms with E-state index in [2.05, 4.69) is 17.6 Å². The summed E-state index contributed by atoms with van der Waals surface area (Å²) in [6.45, 7) is 5.14. The Hall–Kier alpha value is -2.31. The predicted octanol–water partition coefficient (Wildman–Crippen LogP) is 4.56. The van der Waals surface area contributed by atoms with Crippen molar-refractivity contribution in [3.05, 3.63) is 59.7 Å². The van der Waals surface area contributed by atoms with E-state index in [9.17, 15) is 8.78 Å². The van der Waals surface area contributed by atoms with E-state index in [1.807, 2.05) is 13.8 Å². The first kappa shape index (κ1) is 24.7. The summed E-state index contributed by atoms with van der Waals surface area (Å²) in [6, 6.07) is 11.1. The zero-order valence-corrected chi connectivity index (χ0v) is 16.3. The smallest absolute Gasteiger partial charge is 0.146 e. The lowest BCUT2D eigenvalue weighted by molar-refractivity contribution is -0.0979. The Morgan fingerprint density at radius 2 is 1.78 bits per heavy atom. The van der Waals surface area contributed by atoms with Gasteiger partial charge in [-0.3, -0.25) is 0 Å². The Morgan fingerprint density at radius 1 is 1.11 bits per heavy atom. The van der Waals surface area contributed by atoms with Gasteiger partial charge in [0.2, 0.25) is 0 Å². The molecule has 0 aromatic heterocycles. The first-order valence-electron chi connectivity index (χ1n) is 8.78. The molecule has 0 aliphatic rings. The molecule has 1 atom stereocenters. The molecule has 0 saturated carbocycles. The van der Waals surface area contributed by atoms with Crippen molar-refractivity contribution in [3.8, 4) is 0 Å². The van der Waals surface area contributed by atoms with Gasteiger partial charge in [-0.2, -0.15) is 0 Å². The van der Waals surface area contributed by atoms with Crippen molar-refractivity contribution in [2.75, 3.05) is 26.0 Å². The summed E-state index contributed by atoms with van der Waals surface area (Å²) in [5.74, 6) is -0.141. The highest BCUT2D eigenvalue weighted by Gasteiger charge is 2.11.